The van der Waals surface area contributed by atoms with Crippen molar-refractivity contribution in [2.75, 3.05) is 13.1 Å². The topological polar surface area (TPSA) is 43.7 Å². The highest BCUT2D eigenvalue weighted by Crippen LogP contribution is 2.17. The van der Waals surface area contributed by atoms with E-state index >= 15 is 0 Å². The number of nitrogens with zero attached hydrogens (tertiary/aromatic N) is 1. The van der Waals surface area contributed by atoms with Gasteiger partial charge in [-0.3, -0.25) is 4.90 Å². The van der Waals surface area contributed by atoms with Crippen molar-refractivity contribution in [3.8, 4) is 0 Å². The van der Waals surface area contributed by atoms with Crippen molar-refractivity contribution in [3.05, 3.63) is 0 Å². The second-order valence-corrected chi connectivity index (χ2v) is 3.56. The predicted molar refractivity (Wildman–Crippen MR) is 48.0 cm³/mol. The van der Waals surface area contributed by atoms with E-state index in [1.807, 2.05) is 0 Å². The number of hydrogen-bond donors (Lipinski definition) is 2. The maximum Gasteiger partial charge on any atom is 0.0938 e. The monoisotopic (exact) mass is 173 g/mol. The third-order valence-electron chi connectivity index (χ3n) is 2.75. The summed E-state index contributed by atoms with van der Waals surface area (Å²) in [5.41, 5.74) is 0. The summed E-state index contributed by atoms with van der Waals surface area (Å²) in [6, 6.07) is 0.525. The first kappa shape index (κ1) is 9.96. The van der Waals surface area contributed by atoms with Gasteiger partial charge in [0.2, 0.25) is 0 Å². The fourth-order valence-corrected chi connectivity index (χ4v) is 1.90. The molecule has 1 fully saturated rings. The van der Waals surface area contributed by atoms with Gasteiger partial charge < -0.3 is 10.2 Å². The first-order valence-corrected chi connectivity index (χ1v) is 4.79. The summed E-state index contributed by atoms with van der Waals surface area (Å²) in [7, 11) is 0. The molecule has 0 amide bonds. The summed E-state index contributed by atoms with van der Waals surface area (Å²) in [5, 5.41) is 18.6. The normalized spacial score (nSPS) is 31.8. The molecule has 1 aliphatic rings. The summed E-state index contributed by atoms with van der Waals surface area (Å²) in [6.45, 7) is 5.55. The molecule has 1 heterocycles. The molecule has 1 rings (SSSR count). The van der Waals surface area contributed by atoms with Gasteiger partial charge in [0.15, 0.2) is 0 Å². The smallest absolute Gasteiger partial charge is 0.0938 e. The van der Waals surface area contributed by atoms with Gasteiger partial charge in [0.1, 0.15) is 0 Å². The van der Waals surface area contributed by atoms with Crippen molar-refractivity contribution in [1.29, 1.82) is 0 Å². The average Bonchev–Trinajstić information content (AvgIpc) is 2.35. The zero-order chi connectivity index (χ0) is 9.14. The number of β-amino-alcohol motifs (C(OH)–C–C–N with tert-alkyl or cyclic N) is 2. The maximum absolute atomic E-state index is 9.32. The van der Waals surface area contributed by atoms with Gasteiger partial charge in [-0.25, -0.2) is 0 Å². The molecule has 1 aliphatic heterocycles. The van der Waals surface area contributed by atoms with Crippen LogP contribution in [-0.2, 0) is 0 Å². The van der Waals surface area contributed by atoms with Gasteiger partial charge in [-0.15, -0.1) is 0 Å². The molecule has 2 N–H and O–H groups in total. The van der Waals surface area contributed by atoms with Crippen LogP contribution in [0.2, 0.25) is 0 Å². The Kier molecular flexibility index (Phi) is 3.50. The largest absolute Gasteiger partial charge is 0.389 e. The second-order valence-electron chi connectivity index (χ2n) is 3.56. The summed E-state index contributed by atoms with van der Waals surface area (Å²) < 4.78 is 0. The second kappa shape index (κ2) is 4.21. The SMILES string of the molecule is CCC(CC)N1C[C@@H](O)[C@@H](O)C1. The number of rotatable bonds is 3. The molecule has 72 valence electrons. The Hall–Kier alpha value is -0.120. The average molecular weight is 173 g/mol. The highest BCUT2D eigenvalue weighted by atomic mass is 16.3. The van der Waals surface area contributed by atoms with Crippen LogP contribution in [0.15, 0.2) is 0 Å². The quantitative estimate of drug-likeness (QED) is 0.641. The van der Waals surface area contributed by atoms with Crippen molar-refractivity contribution in [1.82, 2.24) is 4.90 Å². The molecule has 0 radical (unpaired) electrons. The third kappa shape index (κ3) is 1.97. The van der Waals surface area contributed by atoms with Crippen LogP contribution in [0.5, 0.6) is 0 Å². The molecular weight excluding hydrogens is 154 g/mol. The Morgan fingerprint density at radius 3 is 1.92 bits per heavy atom. The van der Waals surface area contributed by atoms with E-state index in [0.717, 1.165) is 12.8 Å². The van der Waals surface area contributed by atoms with E-state index in [1.54, 1.807) is 0 Å². The van der Waals surface area contributed by atoms with Crippen LogP contribution >= 0.6 is 0 Å². The standard InChI is InChI=1S/C9H19NO2/c1-3-7(4-2)10-5-8(11)9(12)6-10/h7-9,11-12H,3-6H2,1-2H3/t8-,9+. The molecule has 0 aromatic heterocycles. The fourth-order valence-electron chi connectivity index (χ4n) is 1.90. The summed E-state index contributed by atoms with van der Waals surface area (Å²) in [4.78, 5) is 2.18. The molecule has 3 nitrogen and oxygen atoms in total. The van der Waals surface area contributed by atoms with Gasteiger partial charge in [-0.05, 0) is 12.8 Å². The zero-order valence-electron chi connectivity index (χ0n) is 7.90. The van der Waals surface area contributed by atoms with Crippen molar-refractivity contribution in [2.24, 2.45) is 0 Å². The highest BCUT2D eigenvalue weighted by molar-refractivity contribution is 4.86. The molecule has 12 heavy (non-hydrogen) atoms. The highest BCUT2D eigenvalue weighted by Gasteiger charge is 2.32. The van der Waals surface area contributed by atoms with Gasteiger partial charge >= 0.3 is 0 Å². The lowest BCUT2D eigenvalue weighted by Crippen LogP contribution is -2.33. The Bertz CT molecular complexity index is 126. The minimum Gasteiger partial charge on any atom is -0.389 e. The Morgan fingerprint density at radius 1 is 1.17 bits per heavy atom. The number of likely N-dealkylation sites (tertiary alicyclic amines) is 1. The fraction of sp³-hybridized carbons (Fsp3) is 1.00. The summed E-state index contributed by atoms with van der Waals surface area (Å²) in [6.07, 6.45) is 1.11. The summed E-state index contributed by atoms with van der Waals surface area (Å²) in [5.74, 6) is 0. The van der Waals surface area contributed by atoms with Crippen LogP contribution in [0.3, 0.4) is 0 Å². The minimum atomic E-state index is -0.536. The van der Waals surface area contributed by atoms with Crippen LogP contribution < -0.4 is 0 Å². The molecule has 0 aromatic carbocycles. The molecule has 0 bridgehead atoms. The third-order valence-corrected chi connectivity index (χ3v) is 2.75. The Labute approximate surface area is 74.0 Å². The lowest BCUT2D eigenvalue weighted by atomic mass is 10.1. The van der Waals surface area contributed by atoms with E-state index in [-0.39, 0.29) is 0 Å². The van der Waals surface area contributed by atoms with Crippen molar-refractivity contribution in [3.63, 3.8) is 0 Å². The van der Waals surface area contributed by atoms with Gasteiger partial charge in [-0.2, -0.15) is 0 Å². The van der Waals surface area contributed by atoms with Crippen molar-refractivity contribution in [2.45, 2.75) is 44.9 Å². The maximum atomic E-state index is 9.32. The van der Waals surface area contributed by atoms with E-state index in [0.29, 0.717) is 19.1 Å². The van der Waals surface area contributed by atoms with E-state index < -0.39 is 12.2 Å². The number of hydrogen-bond acceptors (Lipinski definition) is 3. The van der Waals surface area contributed by atoms with E-state index in [4.69, 9.17) is 0 Å². The molecule has 2 atom stereocenters. The first-order chi connectivity index (χ1) is 5.69. The van der Waals surface area contributed by atoms with E-state index in [9.17, 15) is 10.2 Å². The predicted octanol–water partition coefficient (Wildman–Crippen LogP) is 0.212. The molecule has 1 saturated heterocycles. The van der Waals surface area contributed by atoms with Gasteiger partial charge in [-0.1, -0.05) is 13.8 Å². The van der Waals surface area contributed by atoms with Crippen LogP contribution in [0, 0.1) is 0 Å². The number of aliphatic hydroxyl groups excluding tert-OH is 2. The molecule has 3 heteroatoms. The first-order valence-electron chi connectivity index (χ1n) is 4.79. The van der Waals surface area contributed by atoms with Crippen LogP contribution in [0.1, 0.15) is 26.7 Å². The van der Waals surface area contributed by atoms with Gasteiger partial charge in [0.25, 0.3) is 0 Å². The zero-order valence-corrected chi connectivity index (χ0v) is 7.90. The molecule has 0 aromatic rings. The van der Waals surface area contributed by atoms with E-state index in [2.05, 4.69) is 18.7 Å². The van der Waals surface area contributed by atoms with Gasteiger partial charge in [0, 0.05) is 19.1 Å². The van der Waals surface area contributed by atoms with Crippen molar-refractivity contribution < 1.29 is 10.2 Å². The van der Waals surface area contributed by atoms with E-state index in [1.165, 1.54) is 0 Å². The lowest BCUT2D eigenvalue weighted by Gasteiger charge is -2.24. The van der Waals surface area contributed by atoms with Crippen LogP contribution in [-0.4, -0.2) is 46.5 Å². The molecule has 0 saturated carbocycles. The van der Waals surface area contributed by atoms with Crippen LogP contribution in [0.4, 0.5) is 0 Å². The summed E-state index contributed by atoms with van der Waals surface area (Å²) >= 11 is 0. The van der Waals surface area contributed by atoms with Crippen LogP contribution in [0.25, 0.3) is 0 Å². The molecule has 0 aliphatic carbocycles. The molecular formula is C9H19NO2. The Morgan fingerprint density at radius 2 is 1.58 bits per heavy atom. The Balaban J connectivity index is 2.44. The minimum absolute atomic E-state index is 0.525. The molecule has 0 spiro atoms. The lowest BCUT2D eigenvalue weighted by molar-refractivity contribution is 0.0572. The molecule has 0 unspecified atom stereocenters. The number of aliphatic hydroxyl groups is 2. The van der Waals surface area contributed by atoms with Crippen molar-refractivity contribution >= 4 is 0 Å². The van der Waals surface area contributed by atoms with Gasteiger partial charge in [0.05, 0.1) is 12.2 Å².